The van der Waals surface area contributed by atoms with Crippen molar-refractivity contribution >= 4 is 44.1 Å². The van der Waals surface area contributed by atoms with E-state index in [2.05, 4.69) is 71.0 Å². The Morgan fingerprint density at radius 1 is 0.310 bits per heavy atom. The van der Waals surface area contributed by atoms with Gasteiger partial charge in [-0.15, -0.1) is 0 Å². The van der Waals surface area contributed by atoms with E-state index in [1.807, 2.05) is 12.1 Å². The molecule has 9 nitrogen and oxygen atoms in total. The van der Waals surface area contributed by atoms with E-state index in [-0.39, 0.29) is 11.8 Å². The minimum Gasteiger partial charge on any atom is -0.490 e. The van der Waals surface area contributed by atoms with Crippen molar-refractivity contribution < 1.29 is 38.0 Å². The third kappa shape index (κ3) is 15.9. The number of ether oxygens (including phenoxy) is 6. The van der Waals surface area contributed by atoms with Gasteiger partial charge in [-0.2, -0.15) is 0 Å². The molecular weight excluding hydrogens is 887 g/mol. The normalized spacial score (nSPS) is 12.4. The third-order valence-corrected chi connectivity index (χ3v) is 13.8. The summed E-state index contributed by atoms with van der Waals surface area (Å²) in [5.41, 5.74) is 1.00. The predicted molar refractivity (Wildman–Crippen MR) is 293 cm³/mol. The number of carbonyl (C=O) groups excluding carboxylic acids is 2. The molecule has 0 radical (unpaired) electrons. The summed E-state index contributed by atoms with van der Waals surface area (Å²) in [4.78, 5) is 27.3. The summed E-state index contributed by atoms with van der Waals surface area (Å²) < 4.78 is 40.1. The van der Waals surface area contributed by atoms with Crippen LogP contribution < -0.4 is 28.4 Å². The minimum absolute atomic E-state index is 0.192. The van der Waals surface area contributed by atoms with Crippen molar-refractivity contribution in [3.05, 3.63) is 71.8 Å². The Morgan fingerprint density at radius 2 is 0.535 bits per heavy atom. The Kier molecular flexibility index (Phi) is 23.8. The van der Waals surface area contributed by atoms with E-state index in [0.717, 1.165) is 163 Å². The van der Waals surface area contributed by atoms with Gasteiger partial charge in [0.15, 0.2) is 34.5 Å². The topological polar surface area (TPSA) is 92.8 Å². The van der Waals surface area contributed by atoms with Crippen LogP contribution in [0.4, 0.5) is 0 Å². The number of unbranched alkanes of at least 4 members (excludes halogenated alkanes) is 18. The summed E-state index contributed by atoms with van der Waals surface area (Å²) in [6.45, 7) is 15.2. The monoisotopic (exact) mass is 974 g/mol. The maximum Gasteiger partial charge on any atom is 0.261 e. The van der Waals surface area contributed by atoms with Crippen molar-refractivity contribution in [1.82, 2.24) is 4.90 Å². The lowest BCUT2D eigenvalue weighted by atomic mass is 9.93. The number of rotatable bonds is 38. The highest BCUT2D eigenvalue weighted by atomic mass is 16.5. The first-order valence-electron chi connectivity index (χ1n) is 28.2. The summed E-state index contributed by atoms with van der Waals surface area (Å²) in [5.74, 6) is 4.16. The molecule has 1 aliphatic heterocycles. The molecule has 0 aliphatic carbocycles. The summed E-state index contributed by atoms with van der Waals surface area (Å²) >= 11 is 0. The maximum absolute atomic E-state index is 12.9. The van der Waals surface area contributed by atoms with Gasteiger partial charge in [0.25, 0.3) is 11.8 Å². The zero-order chi connectivity index (χ0) is 50.0. The van der Waals surface area contributed by atoms with Crippen molar-refractivity contribution in [2.45, 2.75) is 189 Å². The number of fused-ring (bicyclic) bond motifs is 7. The molecule has 0 aromatic heterocycles. The zero-order valence-corrected chi connectivity index (χ0v) is 44.4. The molecule has 0 N–H and O–H groups in total. The van der Waals surface area contributed by atoms with Crippen LogP contribution in [0, 0.1) is 0 Å². The van der Waals surface area contributed by atoms with Crippen LogP contribution >= 0.6 is 0 Å². The van der Waals surface area contributed by atoms with Crippen LogP contribution in [0.2, 0.25) is 0 Å². The Labute approximate surface area is 426 Å². The number of hydrogen-bond acceptors (Lipinski definition) is 8. The second-order valence-corrected chi connectivity index (χ2v) is 19.6. The molecule has 0 bridgehead atoms. The van der Waals surface area contributed by atoms with Crippen LogP contribution in [0.25, 0.3) is 32.3 Å². The molecule has 0 saturated heterocycles. The highest BCUT2D eigenvalue weighted by Crippen LogP contribution is 2.47. The highest BCUT2D eigenvalue weighted by Gasteiger charge is 2.34. The van der Waals surface area contributed by atoms with Gasteiger partial charge in [-0.3, -0.25) is 14.5 Å². The fraction of sp³-hybridized carbons (Fsp3) is 0.581. The molecule has 1 aliphatic rings. The smallest absolute Gasteiger partial charge is 0.261 e. The van der Waals surface area contributed by atoms with Crippen molar-refractivity contribution in [1.29, 1.82) is 0 Å². The number of hydrogen-bond donors (Lipinski definition) is 0. The average Bonchev–Trinajstić information content (AvgIpc) is 3.63. The molecule has 6 rings (SSSR count). The van der Waals surface area contributed by atoms with Gasteiger partial charge in [0.1, 0.15) is 0 Å². The molecule has 5 aromatic carbocycles. The zero-order valence-electron chi connectivity index (χ0n) is 44.4. The average molecular weight is 974 g/mol. The molecule has 0 spiro atoms. The van der Waals surface area contributed by atoms with Crippen LogP contribution in [0.15, 0.2) is 60.7 Å². The molecule has 0 saturated carbocycles. The molecule has 0 unspecified atom stereocenters. The third-order valence-electron chi connectivity index (χ3n) is 13.8. The summed E-state index contributed by atoms with van der Waals surface area (Å²) in [6.07, 6.45) is 25.7. The van der Waals surface area contributed by atoms with Gasteiger partial charge >= 0.3 is 0 Å². The Morgan fingerprint density at radius 3 is 0.775 bits per heavy atom. The van der Waals surface area contributed by atoms with Gasteiger partial charge in [0, 0.05) is 6.54 Å². The van der Waals surface area contributed by atoms with Crippen LogP contribution in [0.1, 0.15) is 209 Å². The standard InChI is InChI=1S/C62H87NO8/c1-6-11-16-26-35-66-55-41-49-50-42-56(67-36-27-17-12-7-2)58(69-38-29-19-14-9-4)44-52(50)54-46-60(71-40-31-22-21-25-34-63-61(64)47-32-23-24-33-48(47)62(63)65)59(70-39-30-20-15-10-5)45-53(54)51(49)43-57(55)68-37-28-18-13-8-3/h23-24,32-33,41-46H,6-22,25-31,34-40H2,1-5H3. The molecule has 0 fully saturated rings. The van der Waals surface area contributed by atoms with E-state index >= 15 is 0 Å². The van der Waals surface area contributed by atoms with Gasteiger partial charge < -0.3 is 28.4 Å². The highest BCUT2D eigenvalue weighted by molar-refractivity contribution is 6.27. The number of benzene rings is 5. The second-order valence-electron chi connectivity index (χ2n) is 19.6. The Hall–Kier alpha value is -5.18. The van der Waals surface area contributed by atoms with Gasteiger partial charge in [0.05, 0.1) is 50.8 Å². The van der Waals surface area contributed by atoms with Crippen LogP contribution in [-0.4, -0.2) is 62.9 Å². The first kappa shape index (κ1) is 55.1. The number of amides is 2. The van der Waals surface area contributed by atoms with Crippen molar-refractivity contribution in [3.8, 4) is 34.5 Å². The first-order chi connectivity index (χ1) is 34.9. The molecule has 0 atom stereocenters. The molecule has 1 heterocycles. The first-order valence-corrected chi connectivity index (χ1v) is 28.2. The van der Waals surface area contributed by atoms with Crippen molar-refractivity contribution in [3.63, 3.8) is 0 Å². The number of nitrogens with zero attached hydrogens (tertiary/aromatic N) is 1. The second kappa shape index (κ2) is 30.6. The molecule has 2 amide bonds. The number of carbonyl (C=O) groups is 2. The lowest BCUT2D eigenvalue weighted by Gasteiger charge is -2.21. The summed E-state index contributed by atoms with van der Waals surface area (Å²) in [7, 11) is 0. The van der Waals surface area contributed by atoms with Gasteiger partial charge in [-0.1, -0.05) is 156 Å². The molecule has 5 aromatic rings. The van der Waals surface area contributed by atoms with E-state index in [4.69, 9.17) is 28.4 Å². The lowest BCUT2D eigenvalue weighted by molar-refractivity contribution is 0.0651. The van der Waals surface area contributed by atoms with E-state index in [1.54, 1.807) is 12.1 Å². The Bertz CT molecular complexity index is 2320. The lowest BCUT2D eigenvalue weighted by Crippen LogP contribution is -2.30. The molecular formula is C62H87NO8. The SMILES string of the molecule is CCCCCCOc1cc2c3cc(OCCCCCC)c(OCCCCCC)cc3c3cc(OCCCCCCN4C(=O)c5ccccc5C4=O)c(OCCCCCC)cc3c2cc1OCCCCCC. The predicted octanol–water partition coefficient (Wildman–Crippen LogP) is 17.2. The summed E-state index contributed by atoms with van der Waals surface area (Å²) in [6, 6.07) is 20.3. The minimum atomic E-state index is -0.192. The fourth-order valence-electron chi connectivity index (χ4n) is 9.60. The van der Waals surface area contributed by atoms with E-state index < -0.39 is 0 Å². The van der Waals surface area contributed by atoms with Gasteiger partial charge in [0.2, 0.25) is 0 Å². The molecule has 71 heavy (non-hydrogen) atoms. The van der Waals surface area contributed by atoms with Crippen LogP contribution in [-0.2, 0) is 0 Å². The summed E-state index contributed by atoms with van der Waals surface area (Å²) in [5, 5.41) is 6.37. The maximum atomic E-state index is 12.9. The fourth-order valence-corrected chi connectivity index (χ4v) is 9.60. The Balaban J connectivity index is 1.38. The van der Waals surface area contributed by atoms with Crippen LogP contribution in [0.5, 0.6) is 34.5 Å². The number of imide groups is 1. The molecule has 9 heteroatoms. The van der Waals surface area contributed by atoms with E-state index in [9.17, 15) is 9.59 Å². The molecule has 388 valence electrons. The van der Waals surface area contributed by atoms with Gasteiger partial charge in [-0.05, 0) is 126 Å². The van der Waals surface area contributed by atoms with Gasteiger partial charge in [-0.25, -0.2) is 0 Å². The van der Waals surface area contributed by atoms with Crippen LogP contribution in [0.3, 0.4) is 0 Å². The van der Waals surface area contributed by atoms with Crippen molar-refractivity contribution in [2.24, 2.45) is 0 Å². The van der Waals surface area contributed by atoms with E-state index in [1.165, 1.54) is 62.7 Å². The van der Waals surface area contributed by atoms with E-state index in [0.29, 0.717) is 57.3 Å². The van der Waals surface area contributed by atoms with Crippen molar-refractivity contribution in [2.75, 3.05) is 46.2 Å². The largest absolute Gasteiger partial charge is 0.490 e. The quantitative estimate of drug-likeness (QED) is 0.0219.